The maximum atomic E-state index is 12.3. The number of amides is 1. The first-order chi connectivity index (χ1) is 8.60. The van der Waals surface area contributed by atoms with Crippen LogP contribution in [0.3, 0.4) is 0 Å². The Hall–Kier alpha value is -1.35. The van der Waals surface area contributed by atoms with E-state index in [1.54, 1.807) is 0 Å². The maximum absolute atomic E-state index is 12.3. The van der Waals surface area contributed by atoms with E-state index in [2.05, 4.69) is 31.4 Å². The molecule has 1 aromatic rings. The minimum Gasteiger partial charge on any atom is -0.293 e. The lowest BCUT2D eigenvalue weighted by molar-refractivity contribution is -0.128. The van der Waals surface area contributed by atoms with Crippen LogP contribution in [0.25, 0.3) is 0 Å². The summed E-state index contributed by atoms with van der Waals surface area (Å²) in [4.78, 5) is 12.3. The van der Waals surface area contributed by atoms with E-state index in [0.717, 1.165) is 31.2 Å². The summed E-state index contributed by atoms with van der Waals surface area (Å²) in [5, 5.41) is 0. The predicted molar refractivity (Wildman–Crippen MR) is 72.8 cm³/mol. The van der Waals surface area contributed by atoms with E-state index < -0.39 is 5.41 Å². The van der Waals surface area contributed by atoms with Gasteiger partial charge in [0.15, 0.2) is 0 Å². The first kappa shape index (κ1) is 13.1. The Bertz CT molecular complexity index is 434. The lowest BCUT2D eigenvalue weighted by Crippen LogP contribution is -2.49. The van der Waals surface area contributed by atoms with Crippen LogP contribution in [-0.4, -0.2) is 5.91 Å². The third-order valence-corrected chi connectivity index (χ3v) is 4.35. The number of carbonyl (C=O) groups is 1. The molecule has 0 radical (unpaired) electrons. The van der Waals surface area contributed by atoms with Crippen LogP contribution < -0.4 is 11.3 Å². The van der Waals surface area contributed by atoms with Gasteiger partial charge in [0.2, 0.25) is 5.91 Å². The van der Waals surface area contributed by atoms with Crippen molar-refractivity contribution in [2.45, 2.75) is 44.9 Å². The number of hydrazine groups is 1. The van der Waals surface area contributed by atoms with Gasteiger partial charge in [-0.25, -0.2) is 5.84 Å². The van der Waals surface area contributed by atoms with Gasteiger partial charge < -0.3 is 0 Å². The fourth-order valence-corrected chi connectivity index (χ4v) is 3.12. The highest BCUT2D eigenvalue weighted by atomic mass is 16.2. The zero-order valence-electron chi connectivity index (χ0n) is 11.2. The molecule has 1 fully saturated rings. The van der Waals surface area contributed by atoms with Crippen molar-refractivity contribution < 1.29 is 4.79 Å². The lowest BCUT2D eigenvalue weighted by Gasteiger charge is -2.39. The molecule has 3 nitrogen and oxygen atoms in total. The normalized spacial score (nSPS) is 27.8. The molecule has 0 bridgehead atoms. The van der Waals surface area contributed by atoms with E-state index in [-0.39, 0.29) is 5.91 Å². The Kier molecular flexibility index (Phi) is 3.71. The van der Waals surface area contributed by atoms with Crippen LogP contribution >= 0.6 is 0 Å². The van der Waals surface area contributed by atoms with Crippen molar-refractivity contribution in [3.63, 3.8) is 0 Å². The molecule has 18 heavy (non-hydrogen) atoms. The van der Waals surface area contributed by atoms with Gasteiger partial charge in [0.1, 0.15) is 0 Å². The van der Waals surface area contributed by atoms with Crippen molar-refractivity contribution in [2.24, 2.45) is 11.8 Å². The second-order valence-corrected chi connectivity index (χ2v) is 5.55. The Morgan fingerprint density at radius 2 is 1.94 bits per heavy atom. The monoisotopic (exact) mass is 246 g/mol. The predicted octanol–water partition coefficient (Wildman–Crippen LogP) is 2.43. The van der Waals surface area contributed by atoms with Crippen molar-refractivity contribution in [1.82, 2.24) is 5.43 Å². The van der Waals surface area contributed by atoms with Crippen LogP contribution in [-0.2, 0) is 10.2 Å². The van der Waals surface area contributed by atoms with E-state index in [9.17, 15) is 4.79 Å². The Morgan fingerprint density at radius 3 is 2.50 bits per heavy atom. The van der Waals surface area contributed by atoms with Gasteiger partial charge in [-0.2, -0.15) is 0 Å². The number of rotatable bonds is 2. The largest absolute Gasteiger partial charge is 0.293 e. The summed E-state index contributed by atoms with van der Waals surface area (Å²) in [7, 11) is 0. The zero-order chi connectivity index (χ0) is 13.2. The maximum Gasteiger partial charge on any atom is 0.244 e. The third kappa shape index (κ3) is 2.15. The Balaban J connectivity index is 2.43. The van der Waals surface area contributed by atoms with Gasteiger partial charge >= 0.3 is 0 Å². The highest BCUT2D eigenvalue weighted by Crippen LogP contribution is 2.42. The molecule has 0 aliphatic heterocycles. The molecule has 0 aromatic heterocycles. The van der Waals surface area contributed by atoms with E-state index in [0.29, 0.717) is 5.92 Å². The van der Waals surface area contributed by atoms with Crippen molar-refractivity contribution in [2.75, 3.05) is 0 Å². The van der Waals surface area contributed by atoms with Gasteiger partial charge in [-0.1, -0.05) is 31.2 Å². The molecule has 3 heteroatoms. The van der Waals surface area contributed by atoms with Crippen LogP contribution in [0, 0.1) is 12.8 Å². The molecule has 1 aliphatic rings. The SMILES string of the molecule is Cc1ccccc1C1(C(=O)NN)CCC(C)CC1. The van der Waals surface area contributed by atoms with E-state index >= 15 is 0 Å². The molecule has 0 spiro atoms. The summed E-state index contributed by atoms with van der Waals surface area (Å²) in [6.07, 6.45) is 3.95. The molecule has 3 N–H and O–H groups in total. The average molecular weight is 246 g/mol. The lowest BCUT2D eigenvalue weighted by atomic mass is 9.65. The van der Waals surface area contributed by atoms with Gasteiger partial charge in [-0.15, -0.1) is 0 Å². The molecular formula is C15H22N2O. The first-order valence-corrected chi connectivity index (χ1v) is 6.67. The molecule has 0 atom stereocenters. The molecule has 0 saturated heterocycles. The fourth-order valence-electron chi connectivity index (χ4n) is 3.12. The third-order valence-electron chi connectivity index (χ3n) is 4.35. The number of hydrogen-bond acceptors (Lipinski definition) is 2. The summed E-state index contributed by atoms with van der Waals surface area (Å²) in [6, 6.07) is 8.16. The highest BCUT2D eigenvalue weighted by Gasteiger charge is 2.42. The second-order valence-electron chi connectivity index (χ2n) is 5.55. The topological polar surface area (TPSA) is 55.1 Å². The molecule has 1 aromatic carbocycles. The molecule has 1 aliphatic carbocycles. The Labute approximate surface area is 109 Å². The van der Waals surface area contributed by atoms with Gasteiger partial charge in [-0.3, -0.25) is 10.2 Å². The number of nitrogens with one attached hydrogen (secondary N) is 1. The molecule has 1 saturated carbocycles. The van der Waals surface area contributed by atoms with Crippen LogP contribution in [0.1, 0.15) is 43.7 Å². The van der Waals surface area contributed by atoms with Crippen LogP contribution in [0.5, 0.6) is 0 Å². The molecule has 0 unspecified atom stereocenters. The van der Waals surface area contributed by atoms with Crippen LogP contribution in [0.4, 0.5) is 0 Å². The quantitative estimate of drug-likeness (QED) is 0.478. The van der Waals surface area contributed by atoms with Gasteiger partial charge in [0.05, 0.1) is 5.41 Å². The number of nitrogens with two attached hydrogens (primary N) is 1. The molecular weight excluding hydrogens is 224 g/mol. The second kappa shape index (κ2) is 5.11. The van der Waals surface area contributed by atoms with Crippen molar-refractivity contribution in [3.05, 3.63) is 35.4 Å². The number of carbonyl (C=O) groups excluding carboxylic acids is 1. The smallest absolute Gasteiger partial charge is 0.244 e. The van der Waals surface area contributed by atoms with Crippen molar-refractivity contribution in [3.8, 4) is 0 Å². The summed E-state index contributed by atoms with van der Waals surface area (Å²) in [5.41, 5.74) is 4.27. The molecule has 1 amide bonds. The minimum absolute atomic E-state index is 0.0382. The van der Waals surface area contributed by atoms with Crippen LogP contribution in [0.15, 0.2) is 24.3 Å². The Morgan fingerprint density at radius 1 is 1.33 bits per heavy atom. The average Bonchev–Trinajstić information content (AvgIpc) is 2.40. The first-order valence-electron chi connectivity index (χ1n) is 6.67. The highest BCUT2D eigenvalue weighted by molar-refractivity contribution is 5.88. The summed E-state index contributed by atoms with van der Waals surface area (Å²) < 4.78 is 0. The van der Waals surface area contributed by atoms with Gasteiger partial charge in [0.25, 0.3) is 0 Å². The number of benzene rings is 1. The van der Waals surface area contributed by atoms with Gasteiger partial charge in [0, 0.05) is 0 Å². The van der Waals surface area contributed by atoms with Crippen LogP contribution in [0.2, 0.25) is 0 Å². The number of hydrogen-bond donors (Lipinski definition) is 2. The number of aryl methyl sites for hydroxylation is 1. The van der Waals surface area contributed by atoms with Gasteiger partial charge in [-0.05, 0) is 49.7 Å². The fraction of sp³-hybridized carbons (Fsp3) is 0.533. The van der Waals surface area contributed by atoms with E-state index in [4.69, 9.17) is 5.84 Å². The summed E-state index contributed by atoms with van der Waals surface area (Å²) in [5.74, 6) is 6.07. The zero-order valence-corrected chi connectivity index (χ0v) is 11.2. The summed E-state index contributed by atoms with van der Waals surface area (Å²) >= 11 is 0. The molecule has 98 valence electrons. The van der Waals surface area contributed by atoms with Crippen molar-refractivity contribution >= 4 is 5.91 Å². The molecule has 2 rings (SSSR count). The molecule has 0 heterocycles. The summed E-state index contributed by atoms with van der Waals surface area (Å²) in [6.45, 7) is 4.32. The van der Waals surface area contributed by atoms with E-state index in [1.807, 2.05) is 12.1 Å². The standard InChI is InChI=1S/C15H22N2O/c1-11-7-9-15(10-8-11,14(18)17-16)13-6-4-3-5-12(13)2/h3-6,11H,7-10,16H2,1-2H3,(H,17,18). The van der Waals surface area contributed by atoms with E-state index in [1.165, 1.54) is 5.56 Å². The van der Waals surface area contributed by atoms with Crippen molar-refractivity contribution in [1.29, 1.82) is 0 Å². The minimum atomic E-state index is -0.424.